The summed E-state index contributed by atoms with van der Waals surface area (Å²) in [6, 6.07) is 5.15. The minimum atomic E-state index is -3.05. The van der Waals surface area contributed by atoms with Crippen LogP contribution in [0.1, 0.15) is 20.8 Å². The van der Waals surface area contributed by atoms with Gasteiger partial charge in [0.2, 0.25) is 0 Å². The van der Waals surface area contributed by atoms with E-state index in [1.807, 2.05) is 0 Å². The minimum absolute atomic E-state index is 0.0239. The molecular formula is C14H21FNO3P. The molecule has 2 unspecified atom stereocenters. The fourth-order valence-corrected chi connectivity index (χ4v) is 3.24. The molecule has 1 N–H and O–H groups in total. The van der Waals surface area contributed by atoms with E-state index >= 15 is 0 Å². The molecule has 1 aromatic carbocycles. The van der Waals surface area contributed by atoms with Crippen molar-refractivity contribution in [3.8, 4) is 0 Å². The molecule has 112 valence electrons. The number of carbonyl (C=O) groups excluding carboxylic acids is 1. The maximum atomic E-state index is 13.7. The van der Waals surface area contributed by atoms with E-state index in [4.69, 9.17) is 1.37 Å². The van der Waals surface area contributed by atoms with Crippen LogP contribution in [0.4, 0.5) is 4.39 Å². The maximum Gasteiger partial charge on any atom is 0.323 e. The van der Waals surface area contributed by atoms with E-state index in [0.29, 0.717) is 5.56 Å². The number of ether oxygens (including phenoxy) is 1. The van der Waals surface area contributed by atoms with Crippen LogP contribution in [0.2, 0.25) is 0 Å². The molecule has 1 rings (SSSR count). The van der Waals surface area contributed by atoms with Crippen LogP contribution in [0.5, 0.6) is 0 Å². The zero-order valence-electron chi connectivity index (χ0n) is 12.9. The Balaban J connectivity index is 3.00. The maximum absolute atomic E-state index is 13.7. The molecule has 0 saturated carbocycles. The Morgan fingerprint density at radius 1 is 1.50 bits per heavy atom. The zero-order chi connectivity index (χ0) is 16.0. The predicted octanol–water partition coefficient (Wildman–Crippen LogP) is 2.82. The van der Waals surface area contributed by atoms with Gasteiger partial charge in [0.25, 0.3) is 0 Å². The average molecular weight is 302 g/mol. The van der Waals surface area contributed by atoms with Crippen LogP contribution in [-0.4, -0.2) is 31.4 Å². The largest absolute Gasteiger partial charge is 0.468 e. The van der Waals surface area contributed by atoms with Gasteiger partial charge in [0.1, 0.15) is 19.2 Å². The number of nitrogens with one attached hydrogen (secondary N) is 1. The van der Waals surface area contributed by atoms with E-state index in [2.05, 4.69) is 9.82 Å². The van der Waals surface area contributed by atoms with Crippen LogP contribution in [0, 0.1) is 5.82 Å². The second-order valence-corrected chi connectivity index (χ2v) is 7.37. The highest BCUT2D eigenvalue weighted by molar-refractivity contribution is 7.61. The van der Waals surface area contributed by atoms with E-state index in [1.165, 1.54) is 20.1 Å². The first-order chi connectivity index (χ1) is 9.84. The summed E-state index contributed by atoms with van der Waals surface area (Å²) in [6.07, 6.45) is -0.589. The van der Waals surface area contributed by atoms with Crippen molar-refractivity contribution in [1.29, 1.82) is 0 Å². The summed E-state index contributed by atoms with van der Waals surface area (Å²) in [5.74, 6) is -1.05. The third-order valence-corrected chi connectivity index (χ3v) is 5.65. The van der Waals surface area contributed by atoms with Crippen LogP contribution in [0.3, 0.4) is 0 Å². The molecule has 0 aromatic heterocycles. The van der Waals surface area contributed by atoms with Crippen molar-refractivity contribution in [3.63, 3.8) is 0 Å². The van der Waals surface area contributed by atoms with Gasteiger partial charge in [-0.1, -0.05) is 32.0 Å². The Morgan fingerprint density at radius 3 is 2.65 bits per heavy atom. The van der Waals surface area contributed by atoms with Gasteiger partial charge in [0.15, 0.2) is 0 Å². The summed E-state index contributed by atoms with van der Waals surface area (Å²) >= 11 is 0. The fourth-order valence-electron chi connectivity index (χ4n) is 1.82. The smallest absolute Gasteiger partial charge is 0.323 e. The molecule has 0 bridgehead atoms. The number of rotatable bonds is 7. The second kappa shape index (κ2) is 7.55. The predicted molar refractivity (Wildman–Crippen MR) is 77.7 cm³/mol. The van der Waals surface area contributed by atoms with Crippen molar-refractivity contribution in [1.82, 2.24) is 5.09 Å². The molecule has 0 aliphatic carbocycles. The lowest BCUT2D eigenvalue weighted by atomic mass is 10.1. The molecule has 4 nitrogen and oxygen atoms in total. The van der Waals surface area contributed by atoms with Crippen molar-refractivity contribution < 1.29 is 19.9 Å². The molecule has 0 aliphatic heterocycles. The van der Waals surface area contributed by atoms with Gasteiger partial charge in [-0.05, 0) is 11.6 Å². The molecular weight excluding hydrogens is 280 g/mol. The van der Waals surface area contributed by atoms with E-state index in [0.717, 1.165) is 0 Å². The summed E-state index contributed by atoms with van der Waals surface area (Å²) < 4.78 is 38.7. The zero-order valence-corrected chi connectivity index (χ0v) is 12.8. The first kappa shape index (κ1) is 15.2. The summed E-state index contributed by atoms with van der Waals surface area (Å²) in [7, 11) is -1.83. The Bertz CT molecular complexity index is 539. The topological polar surface area (TPSA) is 55.4 Å². The summed E-state index contributed by atoms with van der Waals surface area (Å²) in [4.78, 5) is 11.9. The number of halogens is 1. The van der Waals surface area contributed by atoms with Crippen LogP contribution in [-0.2, 0) is 20.5 Å². The third kappa shape index (κ3) is 4.43. The van der Waals surface area contributed by atoms with Crippen LogP contribution >= 0.6 is 7.29 Å². The SMILES string of the molecule is [2H]C(C)P(=O)(CC)N[C@@H](Cc1ccccc1F)C(=O)OC. The number of hydrogen-bond donors (Lipinski definition) is 1. The lowest BCUT2D eigenvalue weighted by Gasteiger charge is -2.23. The molecule has 0 aliphatic rings. The fraction of sp³-hybridized carbons (Fsp3) is 0.500. The number of hydrogen-bond acceptors (Lipinski definition) is 3. The Hall–Kier alpha value is -1.19. The van der Waals surface area contributed by atoms with Crippen molar-refractivity contribution >= 4 is 13.3 Å². The molecule has 6 heteroatoms. The standard InChI is InChI=1S/C14H21FNO3P/c1-4-20(18,5-2)16-13(14(17)19-3)10-11-8-6-7-9-12(11)15/h6-9,13H,4-5,10H2,1-3H3,(H,16,18)/t13-/m0/s1/i4D/t4?,13-,20?. The number of benzene rings is 1. The molecule has 20 heavy (non-hydrogen) atoms. The highest BCUT2D eigenvalue weighted by atomic mass is 31.2. The lowest BCUT2D eigenvalue weighted by Crippen LogP contribution is -2.38. The Morgan fingerprint density at radius 2 is 2.15 bits per heavy atom. The highest BCUT2D eigenvalue weighted by Gasteiger charge is 2.28. The Kier molecular flexibility index (Phi) is 5.74. The molecule has 1 aromatic rings. The molecule has 0 amide bonds. The van der Waals surface area contributed by atoms with E-state index in [9.17, 15) is 13.8 Å². The van der Waals surface area contributed by atoms with Gasteiger partial charge in [-0.3, -0.25) is 9.88 Å². The van der Waals surface area contributed by atoms with Gasteiger partial charge >= 0.3 is 5.97 Å². The first-order valence-electron chi connectivity index (χ1n) is 7.01. The van der Waals surface area contributed by atoms with E-state index < -0.39 is 31.3 Å². The average Bonchev–Trinajstić information content (AvgIpc) is 2.47. The van der Waals surface area contributed by atoms with Crippen LogP contribution < -0.4 is 5.09 Å². The van der Waals surface area contributed by atoms with E-state index in [1.54, 1.807) is 25.1 Å². The van der Waals surface area contributed by atoms with Gasteiger partial charge < -0.3 is 9.30 Å². The number of esters is 1. The lowest BCUT2D eigenvalue weighted by molar-refractivity contribution is -0.142. The van der Waals surface area contributed by atoms with Gasteiger partial charge in [-0.15, -0.1) is 0 Å². The van der Waals surface area contributed by atoms with Gasteiger partial charge in [-0.25, -0.2) is 4.39 Å². The molecule has 0 fully saturated rings. The van der Waals surface area contributed by atoms with Gasteiger partial charge in [0, 0.05) is 20.1 Å². The monoisotopic (exact) mass is 302 g/mol. The van der Waals surface area contributed by atoms with Crippen molar-refractivity contribution in [2.24, 2.45) is 0 Å². The minimum Gasteiger partial charge on any atom is -0.468 e. The summed E-state index contributed by atoms with van der Waals surface area (Å²) in [6.45, 7) is 3.20. The normalized spacial score (nSPS) is 17.7. The van der Waals surface area contributed by atoms with Crippen molar-refractivity contribution in [2.75, 3.05) is 19.4 Å². The third-order valence-electron chi connectivity index (χ3n) is 3.13. The van der Waals surface area contributed by atoms with Gasteiger partial charge in [0.05, 0.1) is 7.11 Å². The summed E-state index contributed by atoms with van der Waals surface area (Å²) in [5.41, 5.74) is 0.334. The highest BCUT2D eigenvalue weighted by Crippen LogP contribution is 2.40. The van der Waals surface area contributed by atoms with Gasteiger partial charge in [-0.2, -0.15) is 0 Å². The molecule has 0 radical (unpaired) electrons. The summed E-state index contributed by atoms with van der Waals surface area (Å²) in [5, 5.41) is 2.73. The quantitative estimate of drug-likeness (QED) is 0.621. The molecule has 3 atom stereocenters. The number of methoxy groups -OCH3 is 1. The van der Waals surface area contributed by atoms with Crippen LogP contribution in [0.25, 0.3) is 0 Å². The number of carbonyl (C=O) groups is 1. The van der Waals surface area contributed by atoms with Crippen molar-refractivity contribution in [3.05, 3.63) is 35.6 Å². The van der Waals surface area contributed by atoms with E-state index in [-0.39, 0.29) is 12.6 Å². The molecule has 0 saturated heterocycles. The first-order valence-corrected chi connectivity index (χ1v) is 8.40. The van der Waals surface area contributed by atoms with Crippen LogP contribution in [0.15, 0.2) is 24.3 Å². The van der Waals surface area contributed by atoms with Crippen molar-refractivity contribution in [2.45, 2.75) is 26.3 Å². The molecule has 0 spiro atoms. The Labute approximate surface area is 120 Å². The molecule has 0 heterocycles. The second-order valence-electron chi connectivity index (χ2n) is 4.37.